The van der Waals surface area contributed by atoms with Crippen LogP contribution in [0.4, 0.5) is 5.69 Å². The first-order valence-electron chi connectivity index (χ1n) is 10.8. The summed E-state index contributed by atoms with van der Waals surface area (Å²) in [5, 5.41) is 16.7. The van der Waals surface area contributed by atoms with Gasteiger partial charge in [0, 0.05) is 22.8 Å². The van der Waals surface area contributed by atoms with E-state index >= 15 is 0 Å². The van der Waals surface area contributed by atoms with Gasteiger partial charge in [0.05, 0.1) is 17.6 Å². The first-order valence-corrected chi connectivity index (χ1v) is 11.2. The fourth-order valence-electron chi connectivity index (χ4n) is 3.84. The number of tetrazole rings is 1. The number of aromatic amines is 2. The summed E-state index contributed by atoms with van der Waals surface area (Å²) in [5.74, 6) is 0.0340. The molecule has 1 aliphatic rings. The summed E-state index contributed by atoms with van der Waals surface area (Å²) in [6.07, 6.45) is 0. The number of anilines is 1. The maximum absolute atomic E-state index is 13.2. The molecule has 3 heterocycles. The van der Waals surface area contributed by atoms with Crippen molar-refractivity contribution in [2.45, 2.75) is 13.0 Å². The molecule has 0 aliphatic carbocycles. The highest BCUT2D eigenvalue weighted by Crippen LogP contribution is 2.24. The third kappa shape index (κ3) is 4.93. The molecule has 1 atom stereocenters. The minimum Gasteiger partial charge on any atom is -0.460 e. The van der Waals surface area contributed by atoms with E-state index < -0.39 is 6.04 Å². The number of ether oxygens (including phenoxy) is 2. The van der Waals surface area contributed by atoms with Crippen molar-refractivity contribution < 1.29 is 19.1 Å². The summed E-state index contributed by atoms with van der Waals surface area (Å²) in [4.78, 5) is 34.8. The van der Waals surface area contributed by atoms with Gasteiger partial charge in [0.2, 0.25) is 0 Å². The molecule has 1 fully saturated rings. The molecule has 12 nitrogen and oxygen atoms in total. The highest BCUT2D eigenvalue weighted by Gasteiger charge is 2.24. The highest BCUT2D eigenvalue weighted by atomic mass is 35.5. The van der Waals surface area contributed by atoms with E-state index in [-0.39, 0.29) is 31.0 Å². The van der Waals surface area contributed by atoms with Crippen molar-refractivity contribution in [1.29, 1.82) is 0 Å². The first-order chi connectivity index (χ1) is 17.0. The van der Waals surface area contributed by atoms with E-state index in [0.29, 0.717) is 35.1 Å². The van der Waals surface area contributed by atoms with E-state index in [1.54, 1.807) is 35.2 Å². The van der Waals surface area contributed by atoms with Crippen LogP contribution in [-0.2, 0) is 9.53 Å². The number of hydrogen-bond donors (Lipinski definition) is 3. The second-order valence-corrected chi connectivity index (χ2v) is 8.36. The number of amides is 2. The Kier molecular flexibility index (Phi) is 6.29. The largest absolute Gasteiger partial charge is 0.460 e. The van der Waals surface area contributed by atoms with Crippen LogP contribution in [0.3, 0.4) is 0 Å². The topological polar surface area (TPSA) is 151 Å². The van der Waals surface area contributed by atoms with Crippen LogP contribution in [-0.4, -0.2) is 68.8 Å². The Bertz CT molecular complexity index is 1370. The third-order valence-electron chi connectivity index (χ3n) is 5.55. The number of nitrogens with one attached hydrogen (secondary N) is 3. The number of nitrogens with zero attached hydrogens (tertiary/aromatic N) is 5. The van der Waals surface area contributed by atoms with E-state index in [1.807, 2.05) is 13.0 Å². The van der Waals surface area contributed by atoms with Gasteiger partial charge in [-0.25, -0.2) is 10.1 Å². The van der Waals surface area contributed by atoms with E-state index in [0.717, 1.165) is 16.8 Å². The van der Waals surface area contributed by atoms with Crippen molar-refractivity contribution in [1.82, 2.24) is 35.9 Å². The van der Waals surface area contributed by atoms with Gasteiger partial charge in [0.1, 0.15) is 25.1 Å². The molecular formula is C22H21ClN8O4. The minimum atomic E-state index is -0.653. The second kappa shape index (κ2) is 9.68. The number of carbonyl (C=O) groups excluding carboxylic acids is 2. The van der Waals surface area contributed by atoms with Crippen molar-refractivity contribution in [2.24, 2.45) is 0 Å². The molecule has 2 aromatic heterocycles. The van der Waals surface area contributed by atoms with Crippen LogP contribution in [0.2, 0.25) is 5.02 Å². The number of imidazole rings is 1. The zero-order valence-electron chi connectivity index (χ0n) is 18.6. The molecule has 5 rings (SSSR count). The van der Waals surface area contributed by atoms with Crippen molar-refractivity contribution in [2.75, 3.05) is 31.3 Å². The van der Waals surface area contributed by atoms with Gasteiger partial charge in [-0.2, -0.15) is 0 Å². The number of hydrogen-bond acceptors (Lipinski definition) is 8. The fraction of sp³-hybridized carbons (Fsp3) is 0.273. The summed E-state index contributed by atoms with van der Waals surface area (Å²) in [5.41, 5.74) is 3.40. The van der Waals surface area contributed by atoms with Gasteiger partial charge >= 0.3 is 6.01 Å². The summed E-state index contributed by atoms with van der Waals surface area (Å²) in [6.45, 7) is 2.85. The van der Waals surface area contributed by atoms with Crippen LogP contribution < -0.4 is 15.0 Å². The molecule has 0 bridgehead atoms. The lowest BCUT2D eigenvalue weighted by Gasteiger charge is -2.28. The van der Waals surface area contributed by atoms with E-state index in [2.05, 4.69) is 35.9 Å². The minimum absolute atomic E-state index is 0.00944. The summed E-state index contributed by atoms with van der Waals surface area (Å²) in [7, 11) is 0. The molecule has 2 amide bonds. The molecule has 2 aromatic carbocycles. The van der Waals surface area contributed by atoms with Crippen LogP contribution in [0.1, 0.15) is 27.8 Å². The Morgan fingerprint density at radius 2 is 2.20 bits per heavy atom. The van der Waals surface area contributed by atoms with Gasteiger partial charge in [-0.3, -0.25) is 9.59 Å². The number of benzene rings is 2. The summed E-state index contributed by atoms with van der Waals surface area (Å²) in [6, 6.07) is 9.93. The third-order valence-corrected chi connectivity index (χ3v) is 5.78. The molecule has 1 aliphatic heterocycles. The second-order valence-electron chi connectivity index (χ2n) is 7.93. The summed E-state index contributed by atoms with van der Waals surface area (Å²) < 4.78 is 10.8. The van der Waals surface area contributed by atoms with Crippen LogP contribution in [0, 0.1) is 6.92 Å². The van der Waals surface area contributed by atoms with Gasteiger partial charge in [-0.1, -0.05) is 16.7 Å². The number of morpholine rings is 1. The van der Waals surface area contributed by atoms with E-state index in [9.17, 15) is 9.59 Å². The standard InChI is InChI=1S/C22H21ClN8O4/c1-12-8-13(2-5-18(12)31-6-7-34-11-19(31)32)21(33)26-17(10-35-22-27-29-30-28-22)20-24-15-4-3-14(23)9-16(15)25-20/h2-5,8-9,17H,6-7,10-11H2,1H3,(H,24,25)(H,26,33)(H,27,28,29,30)/t17-/m0/s1. The number of aryl methyl sites for hydroxylation is 1. The molecule has 1 saturated heterocycles. The van der Waals surface area contributed by atoms with Crippen LogP contribution >= 0.6 is 11.6 Å². The van der Waals surface area contributed by atoms with E-state index in [4.69, 9.17) is 21.1 Å². The van der Waals surface area contributed by atoms with Gasteiger partial charge < -0.3 is 24.7 Å². The molecule has 3 N–H and O–H groups in total. The number of carbonyl (C=O) groups is 2. The van der Waals surface area contributed by atoms with E-state index in [1.165, 1.54) is 0 Å². The molecule has 4 aromatic rings. The van der Waals surface area contributed by atoms with Crippen LogP contribution in [0.15, 0.2) is 36.4 Å². The zero-order valence-corrected chi connectivity index (χ0v) is 19.4. The molecule has 0 spiro atoms. The highest BCUT2D eigenvalue weighted by molar-refractivity contribution is 6.31. The normalized spacial score (nSPS) is 14.8. The van der Waals surface area contributed by atoms with Crippen LogP contribution in [0.5, 0.6) is 6.01 Å². The number of fused-ring (bicyclic) bond motifs is 1. The van der Waals surface area contributed by atoms with Crippen LogP contribution in [0.25, 0.3) is 11.0 Å². The SMILES string of the molecule is Cc1cc(C(=O)N[C@@H](COc2nnn[nH]2)c2nc3cc(Cl)ccc3[nH]2)ccc1N1CCOCC1=O. The number of rotatable bonds is 7. The predicted octanol–water partition coefficient (Wildman–Crippen LogP) is 1.95. The molecule has 0 unspecified atom stereocenters. The van der Waals surface area contributed by atoms with Crippen molar-refractivity contribution in [3.05, 3.63) is 58.4 Å². The average Bonchev–Trinajstić information content (AvgIpc) is 3.52. The summed E-state index contributed by atoms with van der Waals surface area (Å²) >= 11 is 6.09. The number of H-pyrrole nitrogens is 2. The lowest BCUT2D eigenvalue weighted by Crippen LogP contribution is -2.42. The lowest BCUT2D eigenvalue weighted by molar-refractivity contribution is -0.125. The lowest BCUT2D eigenvalue weighted by atomic mass is 10.1. The quantitative estimate of drug-likeness (QED) is 0.351. The van der Waals surface area contributed by atoms with Crippen molar-refractivity contribution >= 4 is 40.1 Å². The Morgan fingerprint density at radius 1 is 1.31 bits per heavy atom. The number of aromatic nitrogens is 6. The van der Waals surface area contributed by atoms with Gasteiger partial charge in [-0.05, 0) is 59.3 Å². The average molecular weight is 497 g/mol. The first kappa shape index (κ1) is 22.7. The Balaban J connectivity index is 1.38. The smallest absolute Gasteiger partial charge is 0.332 e. The fourth-order valence-corrected chi connectivity index (χ4v) is 4.01. The van der Waals surface area contributed by atoms with Gasteiger partial charge in [0.15, 0.2) is 0 Å². The van der Waals surface area contributed by atoms with Gasteiger partial charge in [-0.15, -0.1) is 0 Å². The zero-order chi connectivity index (χ0) is 24.4. The Morgan fingerprint density at radius 3 is 2.97 bits per heavy atom. The predicted molar refractivity (Wildman–Crippen MR) is 125 cm³/mol. The monoisotopic (exact) mass is 496 g/mol. The maximum Gasteiger partial charge on any atom is 0.332 e. The molecule has 0 radical (unpaired) electrons. The maximum atomic E-state index is 13.2. The molecule has 0 saturated carbocycles. The Labute approximate surface area is 204 Å². The van der Waals surface area contributed by atoms with Crippen molar-refractivity contribution in [3.8, 4) is 6.01 Å². The molecule has 180 valence electrons. The number of halogens is 1. The molecular weight excluding hydrogens is 476 g/mol. The molecule has 13 heteroatoms. The van der Waals surface area contributed by atoms with Crippen molar-refractivity contribution in [3.63, 3.8) is 0 Å². The Hall–Kier alpha value is -4.03. The molecule has 35 heavy (non-hydrogen) atoms. The van der Waals surface area contributed by atoms with Gasteiger partial charge in [0.25, 0.3) is 11.8 Å².